The lowest BCUT2D eigenvalue weighted by Gasteiger charge is -2.17. The topological polar surface area (TPSA) is 81.7 Å². The number of carbonyl (C=O) groups is 1. The van der Waals surface area contributed by atoms with Gasteiger partial charge in [-0.1, -0.05) is 26.0 Å². The number of nitrogens with one attached hydrogen (secondary N) is 1. The molecule has 2 aromatic rings. The van der Waals surface area contributed by atoms with Crippen molar-refractivity contribution in [1.29, 1.82) is 0 Å². The van der Waals surface area contributed by atoms with Gasteiger partial charge in [0.25, 0.3) is 10.0 Å². The highest BCUT2D eigenvalue weighted by Crippen LogP contribution is 2.32. The van der Waals surface area contributed by atoms with Gasteiger partial charge in [0, 0.05) is 0 Å². The van der Waals surface area contributed by atoms with Crippen molar-refractivity contribution in [3.63, 3.8) is 0 Å². The van der Waals surface area contributed by atoms with E-state index in [0.717, 1.165) is 5.56 Å². The SMILES string of the molecule is CCOC(=O)c1ccccc1NS(=O)(=O)c1cc(C(C)C)c(OC)cc1C. The lowest BCUT2D eigenvalue weighted by Crippen LogP contribution is -2.18. The number of esters is 1. The Bertz CT molecular complexity index is 935. The minimum atomic E-state index is -3.91. The molecule has 0 amide bonds. The van der Waals surface area contributed by atoms with Crippen LogP contribution in [0.4, 0.5) is 5.69 Å². The van der Waals surface area contributed by atoms with Crippen LogP contribution >= 0.6 is 0 Å². The normalized spacial score (nSPS) is 11.3. The van der Waals surface area contributed by atoms with E-state index in [0.29, 0.717) is 11.3 Å². The molecule has 1 N–H and O–H groups in total. The Hall–Kier alpha value is -2.54. The molecule has 0 unspecified atom stereocenters. The quantitative estimate of drug-likeness (QED) is 0.719. The van der Waals surface area contributed by atoms with E-state index in [9.17, 15) is 13.2 Å². The summed E-state index contributed by atoms with van der Waals surface area (Å²) in [6.45, 7) is 7.53. The Kier molecular flexibility index (Phi) is 6.49. The van der Waals surface area contributed by atoms with Gasteiger partial charge in [-0.3, -0.25) is 4.72 Å². The van der Waals surface area contributed by atoms with Gasteiger partial charge in [0.05, 0.1) is 29.9 Å². The van der Waals surface area contributed by atoms with Crippen LogP contribution in [-0.4, -0.2) is 28.1 Å². The first kappa shape index (κ1) is 20.8. The Morgan fingerprint density at radius 3 is 2.44 bits per heavy atom. The first-order valence-corrected chi connectivity index (χ1v) is 10.2. The third-order valence-corrected chi connectivity index (χ3v) is 5.61. The number of sulfonamides is 1. The fourth-order valence-electron chi connectivity index (χ4n) is 2.75. The molecule has 0 atom stereocenters. The standard InChI is InChI=1S/C20H25NO5S/c1-6-26-20(22)15-9-7-8-10-17(15)21-27(23,24)19-12-16(13(2)3)18(25-5)11-14(19)4/h7-13,21H,6H2,1-5H3. The van der Waals surface area contributed by atoms with Crippen molar-refractivity contribution >= 4 is 21.7 Å². The van der Waals surface area contributed by atoms with Crippen LogP contribution in [0.25, 0.3) is 0 Å². The molecule has 0 bridgehead atoms. The van der Waals surface area contributed by atoms with Crippen molar-refractivity contribution in [1.82, 2.24) is 0 Å². The number of hydrogen-bond donors (Lipinski definition) is 1. The van der Waals surface area contributed by atoms with Crippen LogP contribution in [0.5, 0.6) is 5.75 Å². The van der Waals surface area contributed by atoms with Gasteiger partial charge in [0.1, 0.15) is 5.75 Å². The average Bonchev–Trinajstić information content (AvgIpc) is 2.61. The average molecular weight is 391 g/mol. The molecule has 0 aliphatic heterocycles. The minimum absolute atomic E-state index is 0.0846. The summed E-state index contributed by atoms with van der Waals surface area (Å²) in [5.74, 6) is 0.153. The molecule has 0 fully saturated rings. The van der Waals surface area contributed by atoms with E-state index < -0.39 is 16.0 Å². The molecule has 0 spiro atoms. The monoisotopic (exact) mass is 391 g/mol. The number of anilines is 1. The molecular weight excluding hydrogens is 366 g/mol. The van der Waals surface area contributed by atoms with Crippen LogP contribution in [0.2, 0.25) is 0 Å². The van der Waals surface area contributed by atoms with Crippen molar-refractivity contribution in [3.05, 3.63) is 53.1 Å². The summed E-state index contributed by atoms with van der Waals surface area (Å²) in [6.07, 6.45) is 0. The molecule has 7 heteroatoms. The molecule has 0 aliphatic rings. The number of carbonyl (C=O) groups excluding carboxylic acids is 1. The van der Waals surface area contributed by atoms with E-state index in [1.54, 1.807) is 45.2 Å². The van der Waals surface area contributed by atoms with Gasteiger partial charge in [-0.05, 0) is 55.2 Å². The zero-order valence-electron chi connectivity index (χ0n) is 16.2. The number of ether oxygens (including phenoxy) is 2. The van der Waals surface area contributed by atoms with Crippen LogP contribution in [0.1, 0.15) is 48.2 Å². The summed E-state index contributed by atoms with van der Waals surface area (Å²) in [6, 6.07) is 9.69. The van der Waals surface area contributed by atoms with E-state index in [4.69, 9.17) is 9.47 Å². The van der Waals surface area contributed by atoms with Gasteiger partial charge in [-0.25, -0.2) is 13.2 Å². The summed E-state index contributed by atoms with van der Waals surface area (Å²) in [5.41, 5.74) is 1.69. The number of benzene rings is 2. The lowest BCUT2D eigenvalue weighted by molar-refractivity contribution is 0.0527. The second-order valence-corrected chi connectivity index (χ2v) is 8.04. The third kappa shape index (κ3) is 4.60. The zero-order valence-corrected chi connectivity index (χ0v) is 17.0. The maximum Gasteiger partial charge on any atom is 0.340 e. The maximum absolute atomic E-state index is 13.0. The smallest absolute Gasteiger partial charge is 0.340 e. The third-order valence-electron chi connectivity index (χ3n) is 4.11. The van der Waals surface area contributed by atoms with Crippen LogP contribution < -0.4 is 9.46 Å². The first-order valence-electron chi connectivity index (χ1n) is 8.68. The van der Waals surface area contributed by atoms with E-state index in [1.165, 1.54) is 12.1 Å². The molecular formula is C20H25NO5S. The van der Waals surface area contributed by atoms with Crippen molar-refractivity contribution in [2.75, 3.05) is 18.4 Å². The molecule has 146 valence electrons. The van der Waals surface area contributed by atoms with Crippen LogP contribution in [0.15, 0.2) is 41.3 Å². The van der Waals surface area contributed by atoms with Crippen LogP contribution in [0.3, 0.4) is 0 Å². The van der Waals surface area contributed by atoms with E-state index in [-0.39, 0.29) is 28.7 Å². The molecule has 6 nitrogen and oxygen atoms in total. The second kappa shape index (κ2) is 8.43. The lowest BCUT2D eigenvalue weighted by atomic mass is 10.0. The molecule has 0 radical (unpaired) electrons. The number of methoxy groups -OCH3 is 1. The molecule has 0 aliphatic carbocycles. The predicted molar refractivity (Wildman–Crippen MR) is 105 cm³/mol. The van der Waals surface area contributed by atoms with Crippen molar-refractivity contribution in [2.24, 2.45) is 0 Å². The maximum atomic E-state index is 13.0. The predicted octanol–water partition coefficient (Wildman–Crippen LogP) is 4.10. The van der Waals surface area contributed by atoms with E-state index in [2.05, 4.69) is 4.72 Å². The number of hydrogen-bond acceptors (Lipinski definition) is 5. The van der Waals surface area contributed by atoms with Gasteiger partial charge < -0.3 is 9.47 Å². The molecule has 0 aromatic heterocycles. The highest BCUT2D eigenvalue weighted by molar-refractivity contribution is 7.92. The molecule has 2 aromatic carbocycles. The Balaban J connectivity index is 2.50. The summed E-state index contributed by atoms with van der Waals surface area (Å²) >= 11 is 0. The second-order valence-electron chi connectivity index (χ2n) is 6.39. The zero-order chi connectivity index (χ0) is 20.2. The van der Waals surface area contributed by atoms with Crippen LogP contribution in [-0.2, 0) is 14.8 Å². The minimum Gasteiger partial charge on any atom is -0.496 e. The van der Waals surface area contributed by atoms with Gasteiger partial charge in [-0.2, -0.15) is 0 Å². The Labute approximate surface area is 160 Å². The highest BCUT2D eigenvalue weighted by atomic mass is 32.2. The van der Waals surface area contributed by atoms with Crippen molar-refractivity contribution in [3.8, 4) is 5.75 Å². The summed E-state index contributed by atoms with van der Waals surface area (Å²) in [5, 5.41) is 0. The van der Waals surface area contributed by atoms with Gasteiger partial charge in [0.15, 0.2) is 0 Å². The molecule has 0 heterocycles. The number of para-hydroxylation sites is 1. The highest BCUT2D eigenvalue weighted by Gasteiger charge is 2.23. The Morgan fingerprint density at radius 2 is 1.85 bits per heavy atom. The van der Waals surface area contributed by atoms with Crippen LogP contribution in [0, 0.1) is 6.92 Å². The van der Waals surface area contributed by atoms with Gasteiger partial charge in [0.2, 0.25) is 0 Å². The largest absolute Gasteiger partial charge is 0.496 e. The summed E-state index contributed by atoms with van der Waals surface area (Å²) < 4.78 is 38.9. The molecule has 0 saturated heterocycles. The van der Waals surface area contributed by atoms with Crippen molar-refractivity contribution in [2.45, 2.75) is 38.5 Å². The molecule has 27 heavy (non-hydrogen) atoms. The summed E-state index contributed by atoms with van der Waals surface area (Å²) in [4.78, 5) is 12.3. The van der Waals surface area contributed by atoms with Crippen molar-refractivity contribution < 1.29 is 22.7 Å². The van der Waals surface area contributed by atoms with E-state index in [1.807, 2.05) is 13.8 Å². The van der Waals surface area contributed by atoms with E-state index >= 15 is 0 Å². The fourth-order valence-corrected chi connectivity index (χ4v) is 4.10. The summed E-state index contributed by atoms with van der Waals surface area (Å²) in [7, 11) is -2.35. The first-order chi connectivity index (χ1) is 12.7. The van der Waals surface area contributed by atoms with Gasteiger partial charge in [-0.15, -0.1) is 0 Å². The fraction of sp³-hybridized carbons (Fsp3) is 0.350. The van der Waals surface area contributed by atoms with Gasteiger partial charge >= 0.3 is 5.97 Å². The number of rotatable bonds is 7. The Morgan fingerprint density at radius 1 is 1.19 bits per heavy atom. The molecule has 2 rings (SSSR count). The number of aryl methyl sites for hydroxylation is 1. The molecule has 0 saturated carbocycles.